The third kappa shape index (κ3) is 3.39. The monoisotopic (exact) mass is 316 g/mol. The molecular formula is C18H24N2O3. The molecule has 124 valence electrons. The molecular weight excluding hydrogens is 292 g/mol. The number of aryl methyl sites for hydroxylation is 1. The lowest BCUT2D eigenvalue weighted by molar-refractivity contribution is -0.141. The first kappa shape index (κ1) is 16.0. The first-order chi connectivity index (χ1) is 11.1. The number of carbonyl (C=O) groups excluding carboxylic acids is 1. The Labute approximate surface area is 136 Å². The lowest BCUT2D eigenvalue weighted by Crippen LogP contribution is -2.35. The molecule has 3 rings (SSSR count). The molecule has 0 unspecified atom stereocenters. The summed E-state index contributed by atoms with van der Waals surface area (Å²) in [6.07, 6.45) is 1.60. The lowest BCUT2D eigenvalue weighted by Gasteiger charge is -2.21. The van der Waals surface area contributed by atoms with E-state index in [4.69, 9.17) is 0 Å². The van der Waals surface area contributed by atoms with Crippen molar-refractivity contribution in [1.82, 2.24) is 9.80 Å². The third-order valence-electron chi connectivity index (χ3n) is 5.16. The maximum absolute atomic E-state index is 11.7. The molecule has 0 saturated carbocycles. The molecule has 0 aromatic heterocycles. The van der Waals surface area contributed by atoms with Crippen molar-refractivity contribution < 1.29 is 14.7 Å². The minimum Gasteiger partial charge on any atom is -0.481 e. The average molecular weight is 316 g/mol. The highest BCUT2D eigenvalue weighted by molar-refractivity contribution is 5.78. The van der Waals surface area contributed by atoms with Crippen LogP contribution in [0.5, 0.6) is 0 Å². The van der Waals surface area contributed by atoms with E-state index in [1.54, 1.807) is 0 Å². The van der Waals surface area contributed by atoms with Gasteiger partial charge in [0.15, 0.2) is 0 Å². The second-order valence-corrected chi connectivity index (χ2v) is 6.65. The number of rotatable bonds is 5. The number of benzene rings is 1. The van der Waals surface area contributed by atoms with Gasteiger partial charge in [0.05, 0.1) is 5.92 Å². The van der Waals surface area contributed by atoms with E-state index < -0.39 is 5.97 Å². The van der Waals surface area contributed by atoms with Gasteiger partial charge < -0.3 is 14.9 Å². The van der Waals surface area contributed by atoms with Gasteiger partial charge in [0.2, 0.25) is 5.91 Å². The first-order valence-corrected chi connectivity index (χ1v) is 8.34. The van der Waals surface area contributed by atoms with E-state index in [0.717, 1.165) is 37.2 Å². The zero-order chi connectivity index (χ0) is 16.4. The van der Waals surface area contributed by atoms with Gasteiger partial charge in [-0.05, 0) is 24.5 Å². The van der Waals surface area contributed by atoms with Gasteiger partial charge in [0.25, 0.3) is 0 Å². The van der Waals surface area contributed by atoms with E-state index in [0.29, 0.717) is 19.5 Å². The molecule has 2 fully saturated rings. The fourth-order valence-electron chi connectivity index (χ4n) is 3.84. The summed E-state index contributed by atoms with van der Waals surface area (Å²) in [6.45, 7) is 5.68. The maximum atomic E-state index is 11.7. The molecule has 2 heterocycles. The van der Waals surface area contributed by atoms with Gasteiger partial charge in [-0.25, -0.2) is 0 Å². The number of carbonyl (C=O) groups is 2. The number of hydrogen-bond donors (Lipinski definition) is 1. The molecule has 5 nitrogen and oxygen atoms in total. The molecule has 2 saturated heterocycles. The van der Waals surface area contributed by atoms with Gasteiger partial charge >= 0.3 is 5.97 Å². The molecule has 1 amide bonds. The number of carboxylic acids is 1. The molecule has 23 heavy (non-hydrogen) atoms. The van der Waals surface area contributed by atoms with Gasteiger partial charge in [-0.1, -0.05) is 24.3 Å². The summed E-state index contributed by atoms with van der Waals surface area (Å²) in [5.41, 5.74) is 2.29. The Kier molecular flexibility index (Phi) is 4.66. The Morgan fingerprint density at radius 2 is 2.04 bits per heavy atom. The minimum atomic E-state index is -0.724. The summed E-state index contributed by atoms with van der Waals surface area (Å²) in [4.78, 5) is 27.5. The van der Waals surface area contributed by atoms with Gasteiger partial charge in [-0.15, -0.1) is 0 Å². The van der Waals surface area contributed by atoms with Crippen LogP contribution in [0, 0.1) is 12.8 Å². The second kappa shape index (κ2) is 6.71. The highest BCUT2D eigenvalue weighted by Gasteiger charge is 2.39. The van der Waals surface area contributed by atoms with Crippen molar-refractivity contribution in [2.45, 2.75) is 25.7 Å². The highest BCUT2D eigenvalue weighted by atomic mass is 16.4. The normalized spacial score (nSPS) is 25.3. The fraction of sp³-hybridized carbons (Fsp3) is 0.556. The van der Waals surface area contributed by atoms with Gasteiger partial charge in [0, 0.05) is 45.1 Å². The number of aliphatic carboxylic acids is 1. The topological polar surface area (TPSA) is 60.9 Å². The third-order valence-corrected chi connectivity index (χ3v) is 5.16. The largest absolute Gasteiger partial charge is 0.481 e. The van der Waals surface area contributed by atoms with Crippen molar-refractivity contribution in [3.05, 3.63) is 35.4 Å². The molecule has 0 bridgehead atoms. The molecule has 0 aliphatic carbocycles. The fourth-order valence-corrected chi connectivity index (χ4v) is 3.84. The van der Waals surface area contributed by atoms with Crippen LogP contribution in [0.25, 0.3) is 0 Å². The second-order valence-electron chi connectivity index (χ2n) is 6.65. The molecule has 1 aromatic carbocycles. The molecule has 0 spiro atoms. The van der Waals surface area contributed by atoms with Crippen LogP contribution in [0.4, 0.5) is 0 Å². The predicted octanol–water partition coefficient (Wildman–Crippen LogP) is 1.72. The Bertz CT molecular complexity index is 602. The summed E-state index contributed by atoms with van der Waals surface area (Å²) >= 11 is 0. The van der Waals surface area contributed by atoms with E-state index in [-0.39, 0.29) is 17.7 Å². The van der Waals surface area contributed by atoms with Crippen LogP contribution in [0.1, 0.15) is 29.9 Å². The van der Waals surface area contributed by atoms with Crippen LogP contribution in [-0.2, 0) is 9.59 Å². The molecule has 0 radical (unpaired) electrons. The summed E-state index contributed by atoms with van der Waals surface area (Å²) < 4.78 is 0. The van der Waals surface area contributed by atoms with E-state index >= 15 is 0 Å². The Balaban J connectivity index is 1.67. The summed E-state index contributed by atoms with van der Waals surface area (Å²) in [5, 5.41) is 9.58. The zero-order valence-electron chi connectivity index (χ0n) is 13.6. The quantitative estimate of drug-likeness (QED) is 0.898. The number of carboxylic acid groups (broad SMARTS) is 1. The Morgan fingerprint density at radius 3 is 2.70 bits per heavy atom. The first-order valence-electron chi connectivity index (χ1n) is 8.34. The molecule has 5 heteroatoms. The van der Waals surface area contributed by atoms with Crippen LogP contribution >= 0.6 is 0 Å². The maximum Gasteiger partial charge on any atom is 0.308 e. The van der Waals surface area contributed by atoms with Gasteiger partial charge in [0.1, 0.15) is 0 Å². The molecule has 2 aliphatic rings. The van der Waals surface area contributed by atoms with Crippen LogP contribution in [0.15, 0.2) is 24.3 Å². The van der Waals surface area contributed by atoms with Crippen molar-refractivity contribution in [3.63, 3.8) is 0 Å². The van der Waals surface area contributed by atoms with Crippen molar-refractivity contribution >= 4 is 11.9 Å². The molecule has 1 N–H and O–H groups in total. The summed E-state index contributed by atoms with van der Waals surface area (Å²) in [5.74, 6) is -0.833. The van der Waals surface area contributed by atoms with Gasteiger partial charge in [-0.2, -0.15) is 0 Å². The van der Waals surface area contributed by atoms with Crippen molar-refractivity contribution in [2.24, 2.45) is 5.92 Å². The van der Waals surface area contributed by atoms with E-state index in [9.17, 15) is 14.7 Å². The average Bonchev–Trinajstić information content (AvgIpc) is 3.12. The standard InChI is InChI=1S/C18H24N2O3/c1-13-5-2-3-6-14(13)15-11-19(12-16(15)18(22)23)9-10-20-8-4-7-17(20)21/h2-3,5-6,15-16H,4,7-12H2,1H3,(H,22,23)/t15-,16+/m0/s1. The van der Waals surface area contributed by atoms with Gasteiger partial charge in [-0.3, -0.25) is 9.59 Å². The Hall–Kier alpha value is -1.88. The SMILES string of the molecule is Cc1ccccc1[C@@H]1CN(CCN2CCCC2=O)C[C@H]1C(=O)O. The van der Waals surface area contributed by atoms with E-state index in [2.05, 4.69) is 4.90 Å². The molecule has 2 atom stereocenters. The molecule has 1 aromatic rings. The smallest absolute Gasteiger partial charge is 0.308 e. The number of likely N-dealkylation sites (tertiary alicyclic amines) is 2. The van der Waals surface area contributed by atoms with Crippen molar-refractivity contribution in [3.8, 4) is 0 Å². The Morgan fingerprint density at radius 1 is 1.26 bits per heavy atom. The van der Waals surface area contributed by atoms with Crippen LogP contribution in [0.2, 0.25) is 0 Å². The summed E-state index contributed by atoms with van der Waals surface area (Å²) in [7, 11) is 0. The van der Waals surface area contributed by atoms with Crippen molar-refractivity contribution in [2.75, 3.05) is 32.7 Å². The number of amides is 1. The summed E-state index contributed by atoms with van der Waals surface area (Å²) in [6, 6.07) is 8.05. The number of nitrogens with zero attached hydrogens (tertiary/aromatic N) is 2. The van der Waals surface area contributed by atoms with Crippen LogP contribution in [0.3, 0.4) is 0 Å². The number of hydrogen-bond acceptors (Lipinski definition) is 3. The van der Waals surface area contributed by atoms with E-state index in [1.165, 1.54) is 0 Å². The molecule has 2 aliphatic heterocycles. The zero-order valence-corrected chi connectivity index (χ0v) is 13.6. The minimum absolute atomic E-state index is 0.0305. The lowest BCUT2D eigenvalue weighted by atomic mass is 9.86. The van der Waals surface area contributed by atoms with E-state index in [1.807, 2.05) is 36.1 Å². The highest BCUT2D eigenvalue weighted by Crippen LogP contribution is 2.34. The van der Waals surface area contributed by atoms with Crippen molar-refractivity contribution in [1.29, 1.82) is 0 Å². The van der Waals surface area contributed by atoms with Crippen LogP contribution in [-0.4, -0.2) is 59.5 Å². The predicted molar refractivity (Wildman–Crippen MR) is 87.3 cm³/mol. The van der Waals surface area contributed by atoms with Crippen LogP contribution < -0.4 is 0 Å².